The number of carbonyl (C=O) groups is 2. The Morgan fingerprint density at radius 2 is 2.00 bits per heavy atom. The van der Waals surface area contributed by atoms with Crippen LogP contribution in [-0.4, -0.2) is 51.3 Å². The summed E-state index contributed by atoms with van der Waals surface area (Å²) in [4.78, 5) is 27.2. The Morgan fingerprint density at radius 3 is 2.74 bits per heavy atom. The van der Waals surface area contributed by atoms with Crippen LogP contribution in [0.25, 0.3) is 0 Å². The molecular formula is C25H30BrN3O5S. The monoisotopic (exact) mass is 563 g/mol. The maximum Gasteiger partial charge on any atom is 0.245 e. The summed E-state index contributed by atoms with van der Waals surface area (Å²) < 4.78 is 34.9. The number of amides is 2. The van der Waals surface area contributed by atoms with Gasteiger partial charge in [0.25, 0.3) is 0 Å². The average molecular weight is 565 g/mol. The molecule has 0 unspecified atom stereocenters. The van der Waals surface area contributed by atoms with E-state index in [9.17, 15) is 18.0 Å². The molecule has 2 heterocycles. The third kappa shape index (κ3) is 5.39. The quantitative estimate of drug-likeness (QED) is 0.556. The molecule has 2 aliphatic rings. The molecule has 2 aliphatic heterocycles. The molecule has 2 aromatic carbocycles. The molecule has 35 heavy (non-hydrogen) atoms. The van der Waals surface area contributed by atoms with Gasteiger partial charge in [0, 0.05) is 37.1 Å². The highest BCUT2D eigenvalue weighted by Crippen LogP contribution is 2.39. The van der Waals surface area contributed by atoms with Gasteiger partial charge < -0.3 is 15.0 Å². The molecule has 188 valence electrons. The Balaban J connectivity index is 1.52. The predicted octanol–water partition coefficient (Wildman–Crippen LogP) is 3.47. The second-order valence-corrected chi connectivity index (χ2v) is 11.7. The number of rotatable bonds is 7. The van der Waals surface area contributed by atoms with Gasteiger partial charge in [-0.15, -0.1) is 0 Å². The largest absolute Gasteiger partial charge is 0.497 e. The molecule has 0 spiro atoms. The van der Waals surface area contributed by atoms with Crippen LogP contribution in [0.3, 0.4) is 0 Å². The Morgan fingerprint density at radius 1 is 1.20 bits per heavy atom. The molecule has 1 N–H and O–H groups in total. The van der Waals surface area contributed by atoms with Gasteiger partial charge in [-0.3, -0.25) is 9.59 Å². The number of piperidine rings is 1. The van der Waals surface area contributed by atoms with Gasteiger partial charge >= 0.3 is 0 Å². The fourth-order valence-electron chi connectivity index (χ4n) is 4.74. The van der Waals surface area contributed by atoms with Crippen molar-refractivity contribution in [3.8, 4) is 5.75 Å². The number of hydrogen-bond donors (Lipinski definition) is 1. The van der Waals surface area contributed by atoms with Crippen molar-refractivity contribution in [2.45, 2.75) is 44.0 Å². The first kappa shape index (κ1) is 25.7. The standard InChI is InChI=1S/C25H30BrN3O5S/c1-3-23(30)29-11-9-18-13-20(26)14-22(24(18)29)35(32,33)28-10-5-7-19(16-28)25(31)27-15-17-6-4-8-21(12-17)34-2/h4,6,8,12-14,19H,3,5,7,9-11,15-16H2,1-2H3,(H,27,31)/t19-/m1/s1. The summed E-state index contributed by atoms with van der Waals surface area (Å²) in [5.74, 6) is -0.00695. The molecule has 0 saturated carbocycles. The molecule has 0 bridgehead atoms. The lowest BCUT2D eigenvalue weighted by Gasteiger charge is -2.32. The van der Waals surface area contributed by atoms with Gasteiger partial charge in [0.05, 0.1) is 18.7 Å². The maximum absolute atomic E-state index is 13.8. The van der Waals surface area contributed by atoms with Crippen LogP contribution in [0.5, 0.6) is 5.75 Å². The topological polar surface area (TPSA) is 96.0 Å². The highest BCUT2D eigenvalue weighted by atomic mass is 79.9. The third-order valence-corrected chi connectivity index (χ3v) is 8.91. The number of nitrogens with zero attached hydrogens (tertiary/aromatic N) is 2. The van der Waals surface area contributed by atoms with E-state index in [4.69, 9.17) is 4.74 Å². The second-order valence-electron chi connectivity index (χ2n) is 8.83. The van der Waals surface area contributed by atoms with E-state index < -0.39 is 15.9 Å². The van der Waals surface area contributed by atoms with E-state index >= 15 is 0 Å². The Labute approximate surface area is 214 Å². The molecular weight excluding hydrogens is 534 g/mol. The Bertz CT molecular complexity index is 1230. The summed E-state index contributed by atoms with van der Waals surface area (Å²) >= 11 is 3.43. The van der Waals surface area contributed by atoms with Crippen LogP contribution < -0.4 is 15.0 Å². The fraction of sp³-hybridized carbons (Fsp3) is 0.440. The lowest BCUT2D eigenvalue weighted by atomic mass is 9.99. The normalized spacial score (nSPS) is 18.3. The zero-order valence-electron chi connectivity index (χ0n) is 19.9. The van der Waals surface area contributed by atoms with E-state index in [2.05, 4.69) is 21.2 Å². The molecule has 0 aliphatic carbocycles. The van der Waals surface area contributed by atoms with Gasteiger partial charge in [-0.2, -0.15) is 4.31 Å². The van der Waals surface area contributed by atoms with E-state index in [1.54, 1.807) is 25.0 Å². The summed E-state index contributed by atoms with van der Waals surface area (Å²) in [5, 5.41) is 2.94. The molecule has 4 rings (SSSR count). The Hall–Kier alpha value is -2.43. The van der Waals surface area contributed by atoms with Gasteiger partial charge in [-0.05, 0) is 54.7 Å². The van der Waals surface area contributed by atoms with Crippen molar-refractivity contribution in [2.75, 3.05) is 31.6 Å². The summed E-state index contributed by atoms with van der Waals surface area (Å²) in [6, 6.07) is 10.9. The lowest BCUT2D eigenvalue weighted by molar-refractivity contribution is -0.126. The molecule has 0 aromatic heterocycles. The number of carbonyl (C=O) groups excluding carboxylic acids is 2. The van der Waals surface area contributed by atoms with Gasteiger partial charge in [0.15, 0.2) is 0 Å². The highest BCUT2D eigenvalue weighted by Gasteiger charge is 2.38. The molecule has 10 heteroatoms. The van der Waals surface area contributed by atoms with Crippen LogP contribution in [0, 0.1) is 5.92 Å². The van der Waals surface area contributed by atoms with Crippen LogP contribution in [0.15, 0.2) is 45.8 Å². The zero-order valence-corrected chi connectivity index (χ0v) is 22.3. The van der Waals surface area contributed by atoms with Gasteiger partial charge in [0.2, 0.25) is 21.8 Å². The van der Waals surface area contributed by atoms with Gasteiger partial charge in [0.1, 0.15) is 10.6 Å². The molecule has 2 amide bonds. The number of sulfonamides is 1. The smallest absolute Gasteiger partial charge is 0.245 e. The molecule has 1 atom stereocenters. The summed E-state index contributed by atoms with van der Waals surface area (Å²) in [7, 11) is -2.32. The molecule has 0 radical (unpaired) electrons. The number of fused-ring (bicyclic) bond motifs is 1. The molecule has 2 aromatic rings. The predicted molar refractivity (Wildman–Crippen MR) is 137 cm³/mol. The van der Waals surface area contributed by atoms with Crippen LogP contribution in [0.1, 0.15) is 37.3 Å². The van der Waals surface area contributed by atoms with Gasteiger partial charge in [-0.1, -0.05) is 35.0 Å². The number of methoxy groups -OCH3 is 1. The number of hydrogen-bond acceptors (Lipinski definition) is 5. The van der Waals surface area contributed by atoms with Crippen molar-refractivity contribution in [3.05, 3.63) is 52.0 Å². The van der Waals surface area contributed by atoms with Crippen molar-refractivity contribution < 1.29 is 22.7 Å². The maximum atomic E-state index is 13.8. The molecule has 1 fully saturated rings. The van der Waals surface area contributed by atoms with E-state index in [-0.39, 0.29) is 23.3 Å². The summed E-state index contributed by atoms with van der Waals surface area (Å²) in [5.41, 5.74) is 2.22. The van der Waals surface area contributed by atoms with Crippen molar-refractivity contribution in [1.82, 2.24) is 9.62 Å². The minimum absolute atomic E-state index is 0.101. The molecule has 8 nitrogen and oxygen atoms in total. The number of halogens is 1. The minimum Gasteiger partial charge on any atom is -0.497 e. The molecule has 1 saturated heterocycles. The van der Waals surface area contributed by atoms with Crippen LogP contribution >= 0.6 is 15.9 Å². The number of nitrogens with one attached hydrogen (secondary N) is 1. The number of benzene rings is 2. The second kappa shape index (κ2) is 10.7. The summed E-state index contributed by atoms with van der Waals surface area (Å²) in [6.07, 6.45) is 2.11. The first-order valence-electron chi connectivity index (χ1n) is 11.8. The number of anilines is 1. The minimum atomic E-state index is -3.91. The van der Waals surface area contributed by atoms with E-state index in [1.807, 2.05) is 30.3 Å². The van der Waals surface area contributed by atoms with E-state index in [0.29, 0.717) is 61.2 Å². The van der Waals surface area contributed by atoms with E-state index in [0.717, 1.165) is 11.1 Å². The first-order valence-corrected chi connectivity index (χ1v) is 14.0. The first-order chi connectivity index (χ1) is 16.7. The van der Waals surface area contributed by atoms with E-state index in [1.165, 1.54) is 4.31 Å². The SMILES string of the molecule is CCC(=O)N1CCc2cc(Br)cc(S(=O)(=O)N3CCC[C@@H](C(=O)NCc4cccc(OC)c4)C3)c21. The lowest BCUT2D eigenvalue weighted by Crippen LogP contribution is -2.45. The van der Waals surface area contributed by atoms with Crippen LogP contribution in [-0.2, 0) is 32.6 Å². The number of ether oxygens (including phenoxy) is 1. The van der Waals surface area contributed by atoms with Crippen LogP contribution in [0.4, 0.5) is 5.69 Å². The third-order valence-electron chi connectivity index (χ3n) is 6.57. The highest BCUT2D eigenvalue weighted by molar-refractivity contribution is 9.10. The average Bonchev–Trinajstić information content (AvgIpc) is 3.30. The van der Waals surface area contributed by atoms with Crippen molar-refractivity contribution in [3.63, 3.8) is 0 Å². The van der Waals surface area contributed by atoms with Gasteiger partial charge in [-0.25, -0.2) is 8.42 Å². The van der Waals surface area contributed by atoms with Crippen molar-refractivity contribution >= 4 is 43.5 Å². The van der Waals surface area contributed by atoms with Crippen molar-refractivity contribution in [2.24, 2.45) is 5.92 Å². The fourth-order valence-corrected chi connectivity index (χ4v) is 7.18. The summed E-state index contributed by atoms with van der Waals surface area (Å²) in [6.45, 7) is 3.02. The zero-order chi connectivity index (χ0) is 25.2. The van der Waals surface area contributed by atoms with Crippen molar-refractivity contribution in [1.29, 1.82) is 0 Å². The van der Waals surface area contributed by atoms with Crippen LogP contribution in [0.2, 0.25) is 0 Å². The Kier molecular flexibility index (Phi) is 7.83.